The Morgan fingerprint density at radius 2 is 1.80 bits per heavy atom. The molecule has 1 aliphatic heterocycles. The van der Waals surface area contributed by atoms with Crippen molar-refractivity contribution in [2.75, 3.05) is 26.3 Å². The Bertz CT molecular complexity index is 986. The molecular weight excluding hydrogens is 430 g/mol. The number of morpholine rings is 1. The molecule has 0 amide bonds. The summed E-state index contributed by atoms with van der Waals surface area (Å²) in [4.78, 5) is 12.4. The van der Waals surface area contributed by atoms with Crippen LogP contribution in [0.1, 0.15) is 24.2 Å². The Morgan fingerprint density at radius 1 is 1.10 bits per heavy atom. The van der Waals surface area contributed by atoms with Crippen LogP contribution in [0.4, 0.5) is 0 Å². The van der Waals surface area contributed by atoms with E-state index in [2.05, 4.69) is 0 Å². The molecule has 0 aromatic heterocycles. The number of carbonyl (C=O) groups excluding carboxylic acids is 1. The molecule has 0 bridgehead atoms. The van der Waals surface area contributed by atoms with Crippen LogP contribution < -0.4 is 4.74 Å². The molecule has 1 aliphatic rings. The van der Waals surface area contributed by atoms with E-state index in [9.17, 15) is 13.2 Å². The smallest absolute Gasteiger partial charge is 0.338 e. The van der Waals surface area contributed by atoms with Gasteiger partial charge in [0.25, 0.3) is 0 Å². The third-order valence-corrected chi connectivity index (χ3v) is 6.54. The Kier molecular flexibility index (Phi) is 7.36. The fraction of sp³-hybridized carbons (Fsp3) is 0.381. The summed E-state index contributed by atoms with van der Waals surface area (Å²) in [5.41, 5.74) is 0.160. The summed E-state index contributed by atoms with van der Waals surface area (Å²) in [5.74, 6) is -0.0499. The molecule has 1 fully saturated rings. The summed E-state index contributed by atoms with van der Waals surface area (Å²) in [6.07, 6.45) is -0.396. The van der Waals surface area contributed by atoms with Crippen LogP contribution in [0.2, 0.25) is 5.02 Å². The maximum absolute atomic E-state index is 13.0. The average Bonchev–Trinajstić information content (AvgIpc) is 2.70. The van der Waals surface area contributed by atoms with Crippen molar-refractivity contribution in [2.45, 2.75) is 31.0 Å². The zero-order chi connectivity index (χ0) is 21.7. The minimum atomic E-state index is -3.74. The van der Waals surface area contributed by atoms with Crippen LogP contribution in [-0.4, -0.2) is 57.2 Å². The molecule has 0 aliphatic carbocycles. The molecule has 2 aromatic rings. The molecule has 2 aromatic carbocycles. The molecule has 7 nitrogen and oxygen atoms in total. The quantitative estimate of drug-likeness (QED) is 0.472. The van der Waals surface area contributed by atoms with E-state index in [0.717, 1.165) is 0 Å². The molecule has 0 N–H and O–H groups in total. The molecule has 162 valence electrons. The van der Waals surface area contributed by atoms with Crippen molar-refractivity contribution in [2.24, 2.45) is 0 Å². The third-order valence-electron chi connectivity index (χ3n) is 4.47. The van der Waals surface area contributed by atoms with Crippen LogP contribution in [0.5, 0.6) is 5.75 Å². The van der Waals surface area contributed by atoms with Gasteiger partial charge in [0.15, 0.2) is 0 Å². The van der Waals surface area contributed by atoms with Crippen molar-refractivity contribution in [3.8, 4) is 5.75 Å². The van der Waals surface area contributed by atoms with Crippen molar-refractivity contribution in [3.63, 3.8) is 0 Å². The largest absolute Gasteiger partial charge is 0.490 e. The fourth-order valence-electron chi connectivity index (χ4n) is 3.19. The monoisotopic (exact) mass is 453 g/mol. The van der Waals surface area contributed by atoms with Gasteiger partial charge in [-0.3, -0.25) is 0 Å². The van der Waals surface area contributed by atoms with E-state index in [1.54, 1.807) is 24.3 Å². The van der Waals surface area contributed by atoms with Gasteiger partial charge in [0.05, 0.1) is 22.7 Å². The lowest BCUT2D eigenvalue weighted by molar-refractivity contribution is -0.0440. The molecule has 9 heteroatoms. The van der Waals surface area contributed by atoms with Crippen molar-refractivity contribution in [3.05, 3.63) is 59.1 Å². The van der Waals surface area contributed by atoms with Gasteiger partial charge in [-0.25, -0.2) is 13.2 Å². The maximum atomic E-state index is 13.0. The molecule has 0 saturated carbocycles. The second kappa shape index (κ2) is 9.78. The minimum absolute atomic E-state index is 0.0147. The molecular formula is C21H24ClNO6S. The molecule has 2 atom stereocenters. The molecule has 0 spiro atoms. The normalized spacial score (nSPS) is 20.0. The predicted molar refractivity (Wildman–Crippen MR) is 112 cm³/mol. The standard InChI is InChI=1S/C21H24ClNO6S/c1-15-13-23(14-16(2)29-15)30(25,26)20-8-3-5-17(11-20)21(24)28-10-9-27-19-7-4-6-18(22)12-19/h3-8,11-12,15-16H,9-10,13-14H2,1-2H3. The van der Waals surface area contributed by atoms with Crippen molar-refractivity contribution < 1.29 is 27.4 Å². The van der Waals surface area contributed by atoms with Gasteiger partial charge in [-0.05, 0) is 50.2 Å². The molecule has 30 heavy (non-hydrogen) atoms. The number of hydrogen-bond donors (Lipinski definition) is 0. The topological polar surface area (TPSA) is 82.1 Å². The zero-order valence-electron chi connectivity index (χ0n) is 16.8. The van der Waals surface area contributed by atoms with Gasteiger partial charge < -0.3 is 14.2 Å². The van der Waals surface area contributed by atoms with E-state index in [0.29, 0.717) is 10.8 Å². The van der Waals surface area contributed by atoms with E-state index >= 15 is 0 Å². The number of ether oxygens (including phenoxy) is 3. The Labute approximate surface area is 181 Å². The summed E-state index contributed by atoms with van der Waals surface area (Å²) in [6.45, 7) is 4.35. The highest BCUT2D eigenvalue weighted by Gasteiger charge is 2.32. The lowest BCUT2D eigenvalue weighted by Crippen LogP contribution is -2.48. The van der Waals surface area contributed by atoms with Crippen LogP contribution in [0.3, 0.4) is 0 Å². The van der Waals surface area contributed by atoms with Crippen LogP contribution >= 0.6 is 11.6 Å². The highest BCUT2D eigenvalue weighted by Crippen LogP contribution is 2.22. The molecule has 0 radical (unpaired) electrons. The van der Waals surface area contributed by atoms with Gasteiger partial charge in [0.2, 0.25) is 10.0 Å². The fourth-order valence-corrected chi connectivity index (χ4v) is 5.01. The predicted octanol–water partition coefficient (Wildman–Crippen LogP) is 3.37. The summed E-state index contributed by atoms with van der Waals surface area (Å²) >= 11 is 5.89. The van der Waals surface area contributed by atoms with Crippen molar-refractivity contribution in [1.29, 1.82) is 0 Å². The second-order valence-electron chi connectivity index (χ2n) is 7.05. The van der Waals surface area contributed by atoms with Crippen LogP contribution in [0.25, 0.3) is 0 Å². The summed E-state index contributed by atoms with van der Waals surface area (Å²) in [7, 11) is -3.74. The molecule has 1 heterocycles. The van der Waals surface area contributed by atoms with E-state index in [1.807, 2.05) is 13.8 Å². The van der Waals surface area contributed by atoms with Crippen LogP contribution in [-0.2, 0) is 19.5 Å². The van der Waals surface area contributed by atoms with Gasteiger partial charge >= 0.3 is 5.97 Å². The summed E-state index contributed by atoms with van der Waals surface area (Å²) in [6, 6.07) is 12.7. The lowest BCUT2D eigenvalue weighted by atomic mass is 10.2. The SMILES string of the molecule is CC1CN(S(=O)(=O)c2cccc(C(=O)OCCOc3cccc(Cl)c3)c2)CC(C)O1. The number of halogens is 1. The first-order valence-corrected chi connectivity index (χ1v) is 11.4. The van der Waals surface area contributed by atoms with Crippen molar-refractivity contribution in [1.82, 2.24) is 4.31 Å². The van der Waals surface area contributed by atoms with E-state index < -0.39 is 16.0 Å². The highest BCUT2D eigenvalue weighted by molar-refractivity contribution is 7.89. The first-order chi connectivity index (χ1) is 14.3. The van der Waals surface area contributed by atoms with E-state index in [4.69, 9.17) is 25.8 Å². The van der Waals surface area contributed by atoms with E-state index in [1.165, 1.54) is 28.6 Å². The zero-order valence-corrected chi connectivity index (χ0v) is 18.4. The van der Waals surface area contributed by atoms with Gasteiger partial charge in [-0.1, -0.05) is 23.7 Å². The number of benzene rings is 2. The Balaban J connectivity index is 1.60. The Morgan fingerprint density at radius 3 is 2.50 bits per heavy atom. The lowest BCUT2D eigenvalue weighted by Gasteiger charge is -2.34. The van der Waals surface area contributed by atoms with Crippen LogP contribution in [0.15, 0.2) is 53.4 Å². The van der Waals surface area contributed by atoms with Gasteiger partial charge in [0, 0.05) is 18.1 Å². The molecule has 2 unspecified atom stereocenters. The number of esters is 1. The second-order valence-corrected chi connectivity index (χ2v) is 9.42. The molecule has 1 saturated heterocycles. The van der Waals surface area contributed by atoms with Gasteiger partial charge in [-0.2, -0.15) is 4.31 Å². The number of rotatable bonds is 7. The van der Waals surface area contributed by atoms with Gasteiger partial charge in [0.1, 0.15) is 19.0 Å². The first kappa shape index (κ1) is 22.6. The summed E-state index contributed by atoms with van der Waals surface area (Å²) in [5, 5.41) is 0.548. The number of nitrogens with zero attached hydrogens (tertiary/aromatic N) is 1. The Hall–Kier alpha value is -2.13. The number of carbonyl (C=O) groups is 1. The van der Waals surface area contributed by atoms with Crippen molar-refractivity contribution >= 4 is 27.6 Å². The van der Waals surface area contributed by atoms with Gasteiger partial charge in [-0.15, -0.1) is 0 Å². The van der Waals surface area contributed by atoms with E-state index in [-0.39, 0.29) is 49.0 Å². The average molecular weight is 454 g/mol. The highest BCUT2D eigenvalue weighted by atomic mass is 35.5. The van der Waals surface area contributed by atoms with Crippen LogP contribution in [0, 0.1) is 0 Å². The molecule has 3 rings (SSSR count). The summed E-state index contributed by atoms with van der Waals surface area (Å²) < 4.78 is 43.6. The third kappa shape index (κ3) is 5.72. The maximum Gasteiger partial charge on any atom is 0.338 e. The minimum Gasteiger partial charge on any atom is -0.490 e. The first-order valence-electron chi connectivity index (χ1n) is 9.57. The number of sulfonamides is 1. The number of hydrogen-bond acceptors (Lipinski definition) is 6.